The second kappa shape index (κ2) is 5.63. The molecule has 0 bridgehead atoms. The maximum Gasteiger partial charge on any atom is 0.141 e. The molecular weight excluding hydrogens is 275 g/mol. The number of hydrogen-bond donors (Lipinski definition) is 1. The molecule has 5 heteroatoms. The van der Waals surface area contributed by atoms with Gasteiger partial charge in [0.1, 0.15) is 17.5 Å². The van der Waals surface area contributed by atoms with Crippen LogP contribution < -0.4 is 5.73 Å². The van der Waals surface area contributed by atoms with Gasteiger partial charge < -0.3 is 5.73 Å². The van der Waals surface area contributed by atoms with E-state index in [-0.39, 0.29) is 17.0 Å². The van der Waals surface area contributed by atoms with Gasteiger partial charge in [-0.2, -0.15) is 0 Å². The molecule has 0 fully saturated rings. The number of benzene rings is 2. The summed E-state index contributed by atoms with van der Waals surface area (Å²) in [5.41, 5.74) is 6.30. The summed E-state index contributed by atoms with van der Waals surface area (Å²) in [4.78, 5) is 0. The number of hydrogen-bond acceptors (Lipinski definition) is 1. The maximum absolute atomic E-state index is 13.5. The Kier molecular flexibility index (Phi) is 4.12. The zero-order chi connectivity index (χ0) is 14.0. The summed E-state index contributed by atoms with van der Waals surface area (Å²) in [7, 11) is 0. The summed E-state index contributed by atoms with van der Waals surface area (Å²) >= 11 is 5.64. The molecule has 0 aliphatic rings. The Bertz CT molecular complexity index is 581. The van der Waals surface area contributed by atoms with E-state index >= 15 is 0 Å². The van der Waals surface area contributed by atoms with Gasteiger partial charge in [0.05, 0.1) is 5.02 Å². The van der Waals surface area contributed by atoms with E-state index in [9.17, 15) is 13.2 Å². The fourth-order valence-electron chi connectivity index (χ4n) is 1.81. The summed E-state index contributed by atoms with van der Waals surface area (Å²) in [6, 6.07) is 6.95. The Labute approximate surface area is 113 Å². The number of nitrogens with two attached hydrogens (primary N) is 1. The Morgan fingerprint density at radius 3 is 2.21 bits per heavy atom. The monoisotopic (exact) mass is 285 g/mol. The molecule has 0 saturated carbocycles. The van der Waals surface area contributed by atoms with Crippen molar-refractivity contribution in [2.45, 2.75) is 12.5 Å². The standard InChI is InChI=1S/C14H11ClF3N/c15-10-6-8(4-5-13(10)18)14(19)7-9-11(16)2-1-3-12(9)17/h1-6,14H,7,19H2. The Morgan fingerprint density at radius 2 is 1.63 bits per heavy atom. The van der Waals surface area contributed by atoms with E-state index in [0.717, 1.165) is 0 Å². The summed E-state index contributed by atoms with van der Waals surface area (Å²) < 4.78 is 40.0. The lowest BCUT2D eigenvalue weighted by molar-refractivity contribution is 0.539. The summed E-state index contributed by atoms with van der Waals surface area (Å²) in [6.45, 7) is 0. The normalized spacial score (nSPS) is 12.5. The van der Waals surface area contributed by atoms with Gasteiger partial charge in [-0.25, -0.2) is 13.2 Å². The van der Waals surface area contributed by atoms with Gasteiger partial charge in [0, 0.05) is 11.6 Å². The predicted molar refractivity (Wildman–Crippen MR) is 68.4 cm³/mol. The van der Waals surface area contributed by atoms with Gasteiger partial charge in [0.25, 0.3) is 0 Å². The SMILES string of the molecule is NC(Cc1c(F)cccc1F)c1ccc(F)c(Cl)c1. The van der Waals surface area contributed by atoms with E-state index in [0.29, 0.717) is 5.56 Å². The highest BCUT2D eigenvalue weighted by Crippen LogP contribution is 2.24. The minimum Gasteiger partial charge on any atom is -0.324 e. The third-order valence-electron chi connectivity index (χ3n) is 2.86. The minimum atomic E-state index is -0.663. The maximum atomic E-state index is 13.5. The van der Waals surface area contributed by atoms with E-state index in [1.54, 1.807) is 0 Å². The molecule has 0 amide bonds. The zero-order valence-electron chi connectivity index (χ0n) is 9.84. The molecular formula is C14H11ClF3N. The van der Waals surface area contributed by atoms with Crippen LogP contribution in [-0.2, 0) is 6.42 Å². The highest BCUT2D eigenvalue weighted by atomic mass is 35.5. The lowest BCUT2D eigenvalue weighted by atomic mass is 9.99. The smallest absolute Gasteiger partial charge is 0.141 e. The molecule has 2 N–H and O–H groups in total. The van der Waals surface area contributed by atoms with Crippen molar-refractivity contribution in [3.05, 3.63) is 70.0 Å². The third-order valence-corrected chi connectivity index (χ3v) is 3.15. The van der Waals surface area contributed by atoms with Gasteiger partial charge in [-0.3, -0.25) is 0 Å². The molecule has 1 nitrogen and oxygen atoms in total. The number of rotatable bonds is 3. The lowest BCUT2D eigenvalue weighted by Crippen LogP contribution is -2.15. The van der Waals surface area contributed by atoms with Crippen LogP contribution >= 0.6 is 11.6 Å². The van der Waals surface area contributed by atoms with Crippen molar-refractivity contribution in [3.63, 3.8) is 0 Å². The van der Waals surface area contributed by atoms with Crippen LogP contribution in [0.2, 0.25) is 5.02 Å². The molecule has 19 heavy (non-hydrogen) atoms. The molecule has 2 aromatic carbocycles. The van der Waals surface area contributed by atoms with Crippen LogP contribution in [0.1, 0.15) is 17.2 Å². The van der Waals surface area contributed by atoms with Gasteiger partial charge in [-0.05, 0) is 36.2 Å². The second-order valence-corrected chi connectivity index (χ2v) is 4.59. The van der Waals surface area contributed by atoms with Crippen LogP contribution in [0, 0.1) is 17.5 Å². The fraction of sp³-hybridized carbons (Fsp3) is 0.143. The molecule has 0 spiro atoms. The summed E-state index contributed by atoms with van der Waals surface area (Å²) in [5.74, 6) is -1.86. The predicted octanol–water partition coefficient (Wildman–Crippen LogP) is 4.00. The summed E-state index contributed by atoms with van der Waals surface area (Å²) in [6.07, 6.45) is -0.0273. The first-order valence-corrected chi connectivity index (χ1v) is 6.00. The van der Waals surface area contributed by atoms with Crippen LogP contribution in [0.15, 0.2) is 36.4 Å². The van der Waals surface area contributed by atoms with E-state index in [4.69, 9.17) is 17.3 Å². The van der Waals surface area contributed by atoms with Gasteiger partial charge >= 0.3 is 0 Å². The molecule has 0 saturated heterocycles. The van der Waals surface area contributed by atoms with Crippen molar-refractivity contribution in [3.8, 4) is 0 Å². The van der Waals surface area contributed by atoms with Crippen molar-refractivity contribution >= 4 is 11.6 Å². The van der Waals surface area contributed by atoms with Gasteiger partial charge in [0.15, 0.2) is 0 Å². The molecule has 0 aliphatic carbocycles. The molecule has 1 atom stereocenters. The largest absolute Gasteiger partial charge is 0.324 e. The average Bonchev–Trinajstić information content (AvgIpc) is 2.37. The second-order valence-electron chi connectivity index (χ2n) is 4.18. The van der Waals surface area contributed by atoms with Gasteiger partial charge in [-0.15, -0.1) is 0 Å². The first-order chi connectivity index (χ1) is 8.99. The Balaban J connectivity index is 2.25. The van der Waals surface area contributed by atoms with E-state index < -0.39 is 23.5 Å². The minimum absolute atomic E-state index is 0.0273. The van der Waals surface area contributed by atoms with E-state index in [2.05, 4.69) is 0 Å². The van der Waals surface area contributed by atoms with E-state index in [1.165, 1.54) is 36.4 Å². The highest BCUT2D eigenvalue weighted by Gasteiger charge is 2.15. The molecule has 0 radical (unpaired) electrons. The van der Waals surface area contributed by atoms with Gasteiger partial charge in [-0.1, -0.05) is 23.7 Å². The van der Waals surface area contributed by atoms with Crippen molar-refractivity contribution < 1.29 is 13.2 Å². The topological polar surface area (TPSA) is 26.0 Å². The molecule has 100 valence electrons. The van der Waals surface area contributed by atoms with Crippen LogP contribution in [-0.4, -0.2) is 0 Å². The first-order valence-electron chi connectivity index (χ1n) is 5.62. The van der Waals surface area contributed by atoms with Gasteiger partial charge in [0.2, 0.25) is 0 Å². The van der Waals surface area contributed by atoms with Crippen LogP contribution in [0.5, 0.6) is 0 Å². The quantitative estimate of drug-likeness (QED) is 0.906. The fourth-order valence-corrected chi connectivity index (χ4v) is 2.00. The molecule has 2 rings (SSSR count). The molecule has 1 unspecified atom stereocenters. The van der Waals surface area contributed by atoms with Crippen molar-refractivity contribution in [1.82, 2.24) is 0 Å². The van der Waals surface area contributed by atoms with Crippen molar-refractivity contribution in [2.75, 3.05) is 0 Å². The van der Waals surface area contributed by atoms with Crippen LogP contribution in [0.3, 0.4) is 0 Å². The Hall–Kier alpha value is -1.52. The molecule has 2 aromatic rings. The van der Waals surface area contributed by atoms with E-state index in [1.807, 2.05) is 0 Å². The van der Waals surface area contributed by atoms with Crippen LogP contribution in [0.25, 0.3) is 0 Å². The number of halogens is 4. The third kappa shape index (κ3) is 3.08. The highest BCUT2D eigenvalue weighted by molar-refractivity contribution is 6.30. The molecule has 0 aliphatic heterocycles. The lowest BCUT2D eigenvalue weighted by Gasteiger charge is -2.14. The molecule has 0 heterocycles. The summed E-state index contributed by atoms with van der Waals surface area (Å²) in [5, 5.41) is -0.0676. The van der Waals surface area contributed by atoms with Crippen molar-refractivity contribution in [2.24, 2.45) is 5.73 Å². The first kappa shape index (κ1) is 13.9. The van der Waals surface area contributed by atoms with Crippen molar-refractivity contribution in [1.29, 1.82) is 0 Å². The average molecular weight is 286 g/mol. The Morgan fingerprint density at radius 1 is 1.00 bits per heavy atom. The zero-order valence-corrected chi connectivity index (χ0v) is 10.6. The molecule has 0 aromatic heterocycles. The van der Waals surface area contributed by atoms with Crippen LogP contribution in [0.4, 0.5) is 13.2 Å².